The van der Waals surface area contributed by atoms with E-state index in [1.165, 1.54) is 29.2 Å². The molecular formula is C21H26N2O3S. The molecule has 1 heterocycles. The fraction of sp³-hybridized carbons (Fsp3) is 0.476. The lowest BCUT2D eigenvalue weighted by Crippen LogP contribution is -2.45. The molecule has 0 spiro atoms. The number of aryl methyl sites for hydroxylation is 1. The third-order valence-corrected chi connectivity index (χ3v) is 6.36. The molecule has 2 atom stereocenters. The van der Waals surface area contributed by atoms with Crippen LogP contribution in [0, 0.1) is 12.8 Å². The maximum Gasteiger partial charge on any atom is 0.240 e. The summed E-state index contributed by atoms with van der Waals surface area (Å²) in [6.07, 6.45) is 5.94. The van der Waals surface area contributed by atoms with Crippen molar-refractivity contribution < 1.29 is 14.4 Å². The van der Waals surface area contributed by atoms with Crippen LogP contribution in [-0.2, 0) is 9.59 Å². The number of hydrogen-bond acceptors (Lipinski definition) is 4. The Morgan fingerprint density at radius 2 is 2.00 bits per heavy atom. The molecule has 1 aromatic carbocycles. The summed E-state index contributed by atoms with van der Waals surface area (Å²) in [5.41, 5.74) is 1.51. The van der Waals surface area contributed by atoms with Gasteiger partial charge in [0.1, 0.15) is 6.54 Å². The fourth-order valence-electron chi connectivity index (χ4n) is 3.67. The largest absolute Gasteiger partial charge is 0.352 e. The standard InChI is InChI=1S/C21H26N2O3S/c1-14-7-3-5-9-16(14)18(24)11-21-23(20(26)13-27-21)12-19(25)22-17-10-6-4-8-15(17)2/h3,5,7,9,11,15,17H,4,6,8,10,12-13H2,1-2H3,(H,22,25)/b21-11-/t15-,17-/m1/s1. The van der Waals surface area contributed by atoms with Gasteiger partial charge in [-0.1, -0.05) is 55.8 Å². The lowest BCUT2D eigenvalue weighted by atomic mass is 9.86. The molecule has 1 N–H and O–H groups in total. The van der Waals surface area contributed by atoms with E-state index in [2.05, 4.69) is 12.2 Å². The Bertz CT molecular complexity index is 774. The summed E-state index contributed by atoms with van der Waals surface area (Å²) in [6.45, 7) is 4.02. The minimum absolute atomic E-state index is 0.0259. The molecule has 1 saturated carbocycles. The molecule has 5 nitrogen and oxygen atoms in total. The van der Waals surface area contributed by atoms with Gasteiger partial charge in [0.2, 0.25) is 11.8 Å². The molecule has 27 heavy (non-hydrogen) atoms. The summed E-state index contributed by atoms with van der Waals surface area (Å²) in [5.74, 6) is 0.301. The molecule has 1 aliphatic carbocycles. The van der Waals surface area contributed by atoms with Gasteiger partial charge in [0.05, 0.1) is 10.8 Å². The van der Waals surface area contributed by atoms with Crippen molar-refractivity contribution in [1.82, 2.24) is 10.2 Å². The van der Waals surface area contributed by atoms with Crippen LogP contribution in [0.5, 0.6) is 0 Å². The number of benzene rings is 1. The van der Waals surface area contributed by atoms with Crippen molar-refractivity contribution in [3.05, 3.63) is 46.5 Å². The highest BCUT2D eigenvalue weighted by Gasteiger charge is 2.30. The van der Waals surface area contributed by atoms with Crippen molar-refractivity contribution in [2.45, 2.75) is 45.6 Å². The first kappa shape index (κ1) is 19.7. The number of carbonyl (C=O) groups is 3. The zero-order valence-electron chi connectivity index (χ0n) is 15.9. The minimum atomic E-state index is -0.154. The van der Waals surface area contributed by atoms with Crippen LogP contribution in [0.4, 0.5) is 0 Å². The monoisotopic (exact) mass is 386 g/mol. The molecule has 144 valence electrons. The predicted octanol–water partition coefficient (Wildman–Crippen LogP) is 3.29. The number of rotatable bonds is 5. The summed E-state index contributed by atoms with van der Waals surface area (Å²) in [7, 11) is 0. The second-order valence-corrected chi connectivity index (χ2v) is 8.36. The number of ketones is 1. The van der Waals surface area contributed by atoms with E-state index < -0.39 is 0 Å². The normalized spacial score (nSPS) is 24.3. The van der Waals surface area contributed by atoms with Gasteiger partial charge < -0.3 is 5.32 Å². The van der Waals surface area contributed by atoms with Crippen molar-refractivity contribution in [1.29, 1.82) is 0 Å². The van der Waals surface area contributed by atoms with Crippen molar-refractivity contribution in [3.63, 3.8) is 0 Å². The van der Waals surface area contributed by atoms with Gasteiger partial charge in [-0.25, -0.2) is 0 Å². The van der Waals surface area contributed by atoms with Gasteiger partial charge in [-0.15, -0.1) is 0 Å². The molecule has 1 aromatic rings. The van der Waals surface area contributed by atoms with Gasteiger partial charge in [-0.05, 0) is 31.2 Å². The van der Waals surface area contributed by atoms with Crippen LogP contribution in [-0.4, -0.2) is 40.8 Å². The average molecular weight is 387 g/mol. The van der Waals surface area contributed by atoms with E-state index in [1.54, 1.807) is 6.07 Å². The fourth-order valence-corrected chi connectivity index (χ4v) is 4.61. The van der Waals surface area contributed by atoms with E-state index in [4.69, 9.17) is 0 Å². The summed E-state index contributed by atoms with van der Waals surface area (Å²) < 4.78 is 0. The molecule has 1 aliphatic heterocycles. The molecule has 3 rings (SSSR count). The zero-order chi connectivity index (χ0) is 19.4. The SMILES string of the molecule is Cc1ccccc1C(=O)/C=C1\SCC(=O)N1CC(=O)N[C@@H]1CCCC[C@H]1C. The van der Waals surface area contributed by atoms with Crippen molar-refractivity contribution >= 4 is 29.4 Å². The van der Waals surface area contributed by atoms with E-state index in [1.807, 2.05) is 25.1 Å². The van der Waals surface area contributed by atoms with Crippen LogP contribution < -0.4 is 5.32 Å². The molecule has 0 unspecified atom stereocenters. The van der Waals surface area contributed by atoms with Crippen LogP contribution >= 0.6 is 11.8 Å². The number of hydrogen-bond donors (Lipinski definition) is 1. The van der Waals surface area contributed by atoms with E-state index in [0.717, 1.165) is 24.8 Å². The van der Waals surface area contributed by atoms with Gasteiger partial charge in [-0.2, -0.15) is 0 Å². The summed E-state index contributed by atoms with van der Waals surface area (Å²) >= 11 is 1.31. The highest BCUT2D eigenvalue weighted by Crippen LogP contribution is 2.29. The second-order valence-electron chi connectivity index (χ2n) is 7.37. The number of nitrogens with one attached hydrogen (secondary N) is 1. The lowest BCUT2D eigenvalue weighted by molar-refractivity contribution is -0.131. The Balaban J connectivity index is 1.68. The number of carbonyl (C=O) groups excluding carboxylic acids is 3. The Labute approximate surface area is 164 Å². The first-order valence-corrected chi connectivity index (χ1v) is 10.5. The predicted molar refractivity (Wildman–Crippen MR) is 107 cm³/mol. The van der Waals surface area contributed by atoms with E-state index in [-0.39, 0.29) is 35.9 Å². The van der Waals surface area contributed by atoms with E-state index in [0.29, 0.717) is 16.5 Å². The molecule has 0 bridgehead atoms. The Morgan fingerprint density at radius 1 is 1.26 bits per heavy atom. The second kappa shape index (κ2) is 8.74. The topological polar surface area (TPSA) is 66.5 Å². The van der Waals surface area contributed by atoms with Crippen molar-refractivity contribution in [3.8, 4) is 0 Å². The molecule has 1 saturated heterocycles. The first-order valence-electron chi connectivity index (χ1n) is 9.50. The molecule has 0 radical (unpaired) electrons. The number of amides is 2. The lowest BCUT2D eigenvalue weighted by Gasteiger charge is -2.30. The van der Waals surface area contributed by atoms with Gasteiger partial charge >= 0.3 is 0 Å². The van der Waals surface area contributed by atoms with Crippen LogP contribution in [0.1, 0.15) is 48.5 Å². The maximum atomic E-state index is 12.6. The molecule has 0 aromatic heterocycles. The van der Waals surface area contributed by atoms with Crippen LogP contribution in [0.2, 0.25) is 0 Å². The van der Waals surface area contributed by atoms with Gasteiger partial charge in [0.25, 0.3) is 0 Å². The first-order chi connectivity index (χ1) is 13.0. The molecule has 2 amide bonds. The zero-order valence-corrected chi connectivity index (χ0v) is 16.7. The summed E-state index contributed by atoms with van der Waals surface area (Å²) in [6, 6.07) is 7.54. The quantitative estimate of drug-likeness (QED) is 0.623. The van der Waals surface area contributed by atoms with E-state index in [9.17, 15) is 14.4 Å². The molecule has 2 fully saturated rings. The van der Waals surface area contributed by atoms with Gasteiger partial charge in [0, 0.05) is 17.7 Å². The van der Waals surface area contributed by atoms with Crippen molar-refractivity contribution in [2.24, 2.45) is 5.92 Å². The van der Waals surface area contributed by atoms with Gasteiger partial charge in [-0.3, -0.25) is 19.3 Å². The number of nitrogens with zero attached hydrogens (tertiary/aromatic N) is 1. The van der Waals surface area contributed by atoms with Crippen molar-refractivity contribution in [2.75, 3.05) is 12.3 Å². The minimum Gasteiger partial charge on any atom is -0.352 e. The summed E-state index contributed by atoms with van der Waals surface area (Å²) in [5, 5.41) is 3.63. The summed E-state index contributed by atoms with van der Waals surface area (Å²) in [4.78, 5) is 38.7. The average Bonchev–Trinajstić information content (AvgIpc) is 2.97. The number of allylic oxidation sites excluding steroid dienone is 1. The Hall–Kier alpha value is -2.08. The third-order valence-electron chi connectivity index (χ3n) is 5.34. The highest BCUT2D eigenvalue weighted by molar-refractivity contribution is 8.04. The third kappa shape index (κ3) is 4.80. The molecule has 2 aliphatic rings. The smallest absolute Gasteiger partial charge is 0.240 e. The van der Waals surface area contributed by atoms with Crippen LogP contribution in [0.3, 0.4) is 0 Å². The Morgan fingerprint density at radius 3 is 2.74 bits per heavy atom. The van der Waals surface area contributed by atoms with Crippen LogP contribution in [0.25, 0.3) is 0 Å². The van der Waals surface area contributed by atoms with Crippen LogP contribution in [0.15, 0.2) is 35.4 Å². The Kier molecular flexibility index (Phi) is 6.37. The molecular weight excluding hydrogens is 360 g/mol. The highest BCUT2D eigenvalue weighted by atomic mass is 32.2. The van der Waals surface area contributed by atoms with Gasteiger partial charge in [0.15, 0.2) is 5.78 Å². The molecule has 6 heteroatoms. The maximum absolute atomic E-state index is 12.6. The van der Waals surface area contributed by atoms with E-state index >= 15 is 0 Å². The number of thioether (sulfide) groups is 1.